The van der Waals surface area contributed by atoms with Crippen molar-refractivity contribution in [3.63, 3.8) is 0 Å². The second-order valence-electron chi connectivity index (χ2n) is 4.83. The number of piperazine rings is 1. The summed E-state index contributed by atoms with van der Waals surface area (Å²) in [6.45, 7) is 7.56. The molecular weight excluding hydrogens is 232 g/mol. The van der Waals surface area contributed by atoms with Crippen molar-refractivity contribution in [2.75, 3.05) is 38.5 Å². The third-order valence-corrected chi connectivity index (χ3v) is 3.34. The molecule has 0 bridgehead atoms. The first kappa shape index (κ1) is 13.0. The molecule has 0 unspecified atom stereocenters. The molecule has 100 valence electrons. The molecule has 1 atom stereocenters. The van der Waals surface area contributed by atoms with E-state index in [9.17, 15) is 4.79 Å². The standard InChI is InChI=1S/C12H20N4O2/c1-9-8-11(14-18-9)13-12(17)10(2)16-6-4-15(3)5-7-16/h8,10H,4-7H2,1-3H3,(H,13,14,17)/t10-/m0/s1. The predicted molar refractivity (Wildman–Crippen MR) is 68.4 cm³/mol. The Morgan fingerprint density at radius 2 is 2.11 bits per heavy atom. The van der Waals surface area contributed by atoms with Crippen LogP contribution in [0.3, 0.4) is 0 Å². The van der Waals surface area contributed by atoms with Crippen LogP contribution in [0.15, 0.2) is 10.6 Å². The maximum atomic E-state index is 12.1. The Labute approximate surface area is 107 Å². The zero-order chi connectivity index (χ0) is 13.1. The molecule has 6 nitrogen and oxygen atoms in total. The molecular formula is C12H20N4O2. The molecule has 1 aromatic rings. The second kappa shape index (κ2) is 5.49. The minimum Gasteiger partial charge on any atom is -0.360 e. The van der Waals surface area contributed by atoms with Gasteiger partial charge in [-0.15, -0.1) is 0 Å². The summed E-state index contributed by atoms with van der Waals surface area (Å²) >= 11 is 0. The van der Waals surface area contributed by atoms with Crippen LogP contribution in [0, 0.1) is 6.92 Å². The zero-order valence-electron chi connectivity index (χ0n) is 11.1. The van der Waals surface area contributed by atoms with Gasteiger partial charge in [0.1, 0.15) is 5.76 Å². The van der Waals surface area contributed by atoms with Crippen molar-refractivity contribution in [1.82, 2.24) is 15.0 Å². The van der Waals surface area contributed by atoms with Crippen LogP contribution in [-0.2, 0) is 4.79 Å². The van der Waals surface area contributed by atoms with Crippen molar-refractivity contribution in [2.24, 2.45) is 0 Å². The summed E-state index contributed by atoms with van der Waals surface area (Å²) in [5.41, 5.74) is 0. The van der Waals surface area contributed by atoms with Crippen LogP contribution in [0.25, 0.3) is 0 Å². The van der Waals surface area contributed by atoms with E-state index in [4.69, 9.17) is 4.52 Å². The highest BCUT2D eigenvalue weighted by atomic mass is 16.5. The molecule has 18 heavy (non-hydrogen) atoms. The van der Waals surface area contributed by atoms with Gasteiger partial charge in [-0.3, -0.25) is 9.69 Å². The molecule has 1 saturated heterocycles. The summed E-state index contributed by atoms with van der Waals surface area (Å²) in [6.07, 6.45) is 0. The van der Waals surface area contributed by atoms with Crippen LogP contribution in [0.1, 0.15) is 12.7 Å². The summed E-state index contributed by atoms with van der Waals surface area (Å²) < 4.78 is 4.92. The number of rotatable bonds is 3. The van der Waals surface area contributed by atoms with Crippen LogP contribution in [0.2, 0.25) is 0 Å². The van der Waals surface area contributed by atoms with E-state index in [1.807, 2.05) is 6.92 Å². The SMILES string of the molecule is Cc1cc(NC(=O)[C@H](C)N2CCN(C)CC2)no1. The predicted octanol–water partition coefficient (Wildman–Crippen LogP) is 0.557. The summed E-state index contributed by atoms with van der Waals surface area (Å²) in [5, 5.41) is 6.53. The van der Waals surface area contributed by atoms with Gasteiger partial charge in [-0.05, 0) is 20.9 Å². The Hall–Kier alpha value is -1.40. The third kappa shape index (κ3) is 3.08. The molecule has 0 radical (unpaired) electrons. The van der Waals surface area contributed by atoms with Crippen molar-refractivity contribution in [3.8, 4) is 0 Å². The Morgan fingerprint density at radius 3 is 2.67 bits per heavy atom. The van der Waals surface area contributed by atoms with Crippen LogP contribution in [0.4, 0.5) is 5.82 Å². The zero-order valence-corrected chi connectivity index (χ0v) is 11.1. The molecule has 2 heterocycles. The van der Waals surface area contributed by atoms with Gasteiger partial charge in [0.05, 0.1) is 6.04 Å². The Morgan fingerprint density at radius 1 is 1.44 bits per heavy atom. The van der Waals surface area contributed by atoms with Crippen molar-refractivity contribution in [2.45, 2.75) is 19.9 Å². The molecule has 0 aliphatic carbocycles. The van der Waals surface area contributed by atoms with Crippen LogP contribution in [0.5, 0.6) is 0 Å². The highest BCUT2D eigenvalue weighted by molar-refractivity contribution is 5.93. The fourth-order valence-electron chi connectivity index (χ4n) is 2.03. The van der Waals surface area contributed by atoms with E-state index in [-0.39, 0.29) is 11.9 Å². The minimum atomic E-state index is -0.143. The number of hydrogen-bond acceptors (Lipinski definition) is 5. The first-order chi connectivity index (χ1) is 8.56. The summed E-state index contributed by atoms with van der Waals surface area (Å²) in [6, 6.07) is 1.57. The lowest BCUT2D eigenvalue weighted by molar-refractivity contribution is -0.121. The monoisotopic (exact) mass is 252 g/mol. The number of aromatic nitrogens is 1. The van der Waals surface area contributed by atoms with Crippen LogP contribution < -0.4 is 5.32 Å². The van der Waals surface area contributed by atoms with Gasteiger partial charge in [0, 0.05) is 32.2 Å². The number of amides is 1. The molecule has 1 amide bonds. The lowest BCUT2D eigenvalue weighted by Gasteiger charge is -2.35. The number of anilines is 1. The average molecular weight is 252 g/mol. The van der Waals surface area contributed by atoms with Gasteiger partial charge in [0.25, 0.3) is 0 Å². The first-order valence-corrected chi connectivity index (χ1v) is 6.23. The van der Waals surface area contributed by atoms with E-state index < -0.39 is 0 Å². The van der Waals surface area contributed by atoms with Crippen molar-refractivity contribution in [1.29, 1.82) is 0 Å². The van der Waals surface area contributed by atoms with Crippen molar-refractivity contribution in [3.05, 3.63) is 11.8 Å². The van der Waals surface area contributed by atoms with Gasteiger partial charge < -0.3 is 14.7 Å². The fraction of sp³-hybridized carbons (Fsp3) is 0.667. The van der Waals surface area contributed by atoms with Crippen LogP contribution >= 0.6 is 0 Å². The number of carbonyl (C=O) groups is 1. The van der Waals surface area contributed by atoms with Gasteiger partial charge in [-0.25, -0.2) is 0 Å². The number of carbonyl (C=O) groups excluding carboxylic acids is 1. The summed E-state index contributed by atoms with van der Waals surface area (Å²) in [4.78, 5) is 16.5. The van der Waals surface area contributed by atoms with Crippen LogP contribution in [-0.4, -0.2) is 60.1 Å². The highest BCUT2D eigenvalue weighted by Crippen LogP contribution is 2.10. The fourth-order valence-corrected chi connectivity index (χ4v) is 2.03. The molecule has 6 heteroatoms. The van der Waals surface area contributed by atoms with Gasteiger partial charge in [-0.1, -0.05) is 5.16 Å². The van der Waals surface area contributed by atoms with Gasteiger partial charge in [0.15, 0.2) is 5.82 Å². The normalized spacial score (nSPS) is 19.7. The lowest BCUT2D eigenvalue weighted by Crippen LogP contribution is -2.51. The maximum absolute atomic E-state index is 12.1. The molecule has 0 spiro atoms. The van der Waals surface area contributed by atoms with E-state index in [1.54, 1.807) is 13.0 Å². The smallest absolute Gasteiger partial charge is 0.242 e. The molecule has 1 N–H and O–H groups in total. The molecule has 0 aromatic carbocycles. The Bertz CT molecular complexity index is 410. The Kier molecular flexibility index (Phi) is 3.98. The quantitative estimate of drug-likeness (QED) is 0.851. The van der Waals surface area contributed by atoms with Crippen molar-refractivity contribution < 1.29 is 9.32 Å². The van der Waals surface area contributed by atoms with Crippen molar-refractivity contribution >= 4 is 11.7 Å². The third-order valence-electron chi connectivity index (χ3n) is 3.34. The van der Waals surface area contributed by atoms with E-state index in [0.717, 1.165) is 26.2 Å². The van der Waals surface area contributed by atoms with Gasteiger partial charge >= 0.3 is 0 Å². The first-order valence-electron chi connectivity index (χ1n) is 6.23. The van der Waals surface area contributed by atoms with Gasteiger partial charge in [0.2, 0.25) is 5.91 Å². The van der Waals surface area contributed by atoms with Gasteiger partial charge in [-0.2, -0.15) is 0 Å². The van der Waals surface area contributed by atoms with E-state index in [0.29, 0.717) is 11.6 Å². The average Bonchev–Trinajstić information content (AvgIpc) is 2.75. The number of aryl methyl sites for hydroxylation is 1. The molecule has 1 aliphatic heterocycles. The molecule has 1 aromatic heterocycles. The van der Waals surface area contributed by atoms with E-state index in [1.165, 1.54) is 0 Å². The summed E-state index contributed by atoms with van der Waals surface area (Å²) in [7, 11) is 2.10. The second-order valence-corrected chi connectivity index (χ2v) is 4.83. The lowest BCUT2D eigenvalue weighted by atomic mass is 10.2. The molecule has 0 saturated carbocycles. The topological polar surface area (TPSA) is 61.6 Å². The number of likely N-dealkylation sites (N-methyl/N-ethyl adjacent to an activating group) is 1. The molecule has 1 aliphatic rings. The maximum Gasteiger partial charge on any atom is 0.242 e. The highest BCUT2D eigenvalue weighted by Gasteiger charge is 2.24. The molecule has 1 fully saturated rings. The van der Waals surface area contributed by atoms with E-state index >= 15 is 0 Å². The number of nitrogens with zero attached hydrogens (tertiary/aromatic N) is 3. The van der Waals surface area contributed by atoms with E-state index in [2.05, 4.69) is 27.3 Å². The summed E-state index contributed by atoms with van der Waals surface area (Å²) in [5.74, 6) is 1.14. The number of nitrogens with one attached hydrogen (secondary N) is 1. The minimum absolute atomic E-state index is 0.0344. The largest absolute Gasteiger partial charge is 0.360 e. The Balaban J connectivity index is 1.88. The molecule has 2 rings (SSSR count). The number of hydrogen-bond donors (Lipinski definition) is 1.